The molecule has 3 rings (SSSR count). The van der Waals surface area contributed by atoms with Crippen molar-refractivity contribution < 1.29 is 23.1 Å². The summed E-state index contributed by atoms with van der Waals surface area (Å²) in [7, 11) is 0. The zero-order valence-corrected chi connectivity index (χ0v) is 13.9. The number of amides is 1. The van der Waals surface area contributed by atoms with Crippen LogP contribution < -0.4 is 5.32 Å². The standard InChI is InChI=1S/C18H15F3N4O2/c19-18(20,21)13-7-4-8-14(9-13)23-17(27)16-22-11-25(24-16)10-15(26)12-5-2-1-3-6-12/h1-9,11,15,26H,10H2,(H,23,27). The van der Waals surface area contributed by atoms with Crippen LogP contribution in [-0.2, 0) is 12.7 Å². The van der Waals surface area contributed by atoms with Crippen LogP contribution in [0, 0.1) is 0 Å². The van der Waals surface area contributed by atoms with E-state index < -0.39 is 23.8 Å². The van der Waals surface area contributed by atoms with Gasteiger partial charge in [0.1, 0.15) is 6.33 Å². The molecule has 1 unspecified atom stereocenters. The second-order valence-corrected chi connectivity index (χ2v) is 5.75. The van der Waals surface area contributed by atoms with Gasteiger partial charge in [0.05, 0.1) is 18.2 Å². The van der Waals surface area contributed by atoms with Crippen molar-refractivity contribution >= 4 is 11.6 Å². The van der Waals surface area contributed by atoms with Crippen molar-refractivity contribution in [2.75, 3.05) is 5.32 Å². The van der Waals surface area contributed by atoms with Crippen molar-refractivity contribution in [2.24, 2.45) is 0 Å². The fourth-order valence-corrected chi connectivity index (χ4v) is 2.40. The molecule has 1 atom stereocenters. The van der Waals surface area contributed by atoms with Gasteiger partial charge in [-0.2, -0.15) is 13.2 Å². The summed E-state index contributed by atoms with van der Waals surface area (Å²) in [6, 6.07) is 13.2. The van der Waals surface area contributed by atoms with E-state index in [-0.39, 0.29) is 18.1 Å². The van der Waals surface area contributed by atoms with Crippen molar-refractivity contribution in [1.82, 2.24) is 14.8 Å². The van der Waals surface area contributed by atoms with Crippen LogP contribution in [0.4, 0.5) is 18.9 Å². The van der Waals surface area contributed by atoms with Crippen molar-refractivity contribution in [3.8, 4) is 0 Å². The van der Waals surface area contributed by atoms with Gasteiger partial charge in [-0.1, -0.05) is 36.4 Å². The summed E-state index contributed by atoms with van der Waals surface area (Å²) in [5.74, 6) is -0.963. The molecule has 1 heterocycles. The third-order valence-electron chi connectivity index (χ3n) is 3.73. The third kappa shape index (κ3) is 4.70. The number of carbonyl (C=O) groups excluding carboxylic acids is 1. The number of carbonyl (C=O) groups is 1. The van der Waals surface area contributed by atoms with E-state index in [1.54, 1.807) is 24.3 Å². The number of anilines is 1. The fraction of sp³-hybridized carbons (Fsp3) is 0.167. The summed E-state index contributed by atoms with van der Waals surface area (Å²) >= 11 is 0. The Hall–Kier alpha value is -3.20. The molecule has 1 amide bonds. The number of hydrogen-bond donors (Lipinski definition) is 2. The Kier molecular flexibility index (Phi) is 5.22. The molecule has 0 saturated carbocycles. The van der Waals surface area contributed by atoms with Gasteiger partial charge in [-0.15, -0.1) is 5.10 Å². The van der Waals surface area contributed by atoms with E-state index >= 15 is 0 Å². The normalized spacial score (nSPS) is 12.6. The molecule has 6 nitrogen and oxygen atoms in total. The highest BCUT2D eigenvalue weighted by Crippen LogP contribution is 2.30. The van der Waals surface area contributed by atoms with Gasteiger partial charge in [0, 0.05) is 5.69 Å². The van der Waals surface area contributed by atoms with Crippen LogP contribution in [0.15, 0.2) is 60.9 Å². The average Bonchev–Trinajstić information content (AvgIpc) is 3.10. The van der Waals surface area contributed by atoms with E-state index in [4.69, 9.17) is 0 Å². The van der Waals surface area contributed by atoms with Gasteiger partial charge in [-0.25, -0.2) is 9.67 Å². The number of alkyl halides is 3. The molecule has 140 valence electrons. The Balaban J connectivity index is 1.67. The first kappa shape index (κ1) is 18.6. The molecule has 0 fully saturated rings. The van der Waals surface area contributed by atoms with Gasteiger partial charge in [-0.05, 0) is 23.8 Å². The van der Waals surface area contributed by atoms with E-state index in [1.165, 1.54) is 23.1 Å². The van der Waals surface area contributed by atoms with Gasteiger partial charge in [0.2, 0.25) is 5.82 Å². The summed E-state index contributed by atoms with van der Waals surface area (Å²) < 4.78 is 39.5. The zero-order chi connectivity index (χ0) is 19.4. The summed E-state index contributed by atoms with van der Waals surface area (Å²) in [5.41, 5.74) is -0.205. The van der Waals surface area contributed by atoms with Crippen LogP contribution >= 0.6 is 0 Å². The SMILES string of the molecule is O=C(Nc1cccc(C(F)(F)F)c1)c1ncn(CC(O)c2ccccc2)n1. The lowest BCUT2D eigenvalue weighted by molar-refractivity contribution is -0.137. The van der Waals surface area contributed by atoms with Crippen LogP contribution in [0.25, 0.3) is 0 Å². The third-order valence-corrected chi connectivity index (χ3v) is 3.73. The van der Waals surface area contributed by atoms with Crippen molar-refractivity contribution in [3.05, 3.63) is 77.9 Å². The van der Waals surface area contributed by atoms with Gasteiger partial charge in [-0.3, -0.25) is 4.79 Å². The van der Waals surface area contributed by atoms with Gasteiger partial charge >= 0.3 is 6.18 Å². The second-order valence-electron chi connectivity index (χ2n) is 5.75. The summed E-state index contributed by atoms with van der Waals surface area (Å²) in [4.78, 5) is 16.0. The quantitative estimate of drug-likeness (QED) is 0.716. The smallest absolute Gasteiger partial charge is 0.386 e. The lowest BCUT2D eigenvalue weighted by atomic mass is 10.1. The highest BCUT2D eigenvalue weighted by atomic mass is 19.4. The van der Waals surface area contributed by atoms with Crippen LogP contribution in [-0.4, -0.2) is 25.8 Å². The summed E-state index contributed by atoms with van der Waals surface area (Å²) in [6.45, 7) is 0.0772. The average molecular weight is 376 g/mol. The number of aromatic nitrogens is 3. The zero-order valence-electron chi connectivity index (χ0n) is 13.9. The lowest BCUT2D eigenvalue weighted by Crippen LogP contribution is -2.16. The first-order valence-corrected chi connectivity index (χ1v) is 7.94. The summed E-state index contributed by atoms with van der Waals surface area (Å²) in [5, 5.41) is 16.5. The fourth-order valence-electron chi connectivity index (χ4n) is 2.40. The van der Waals surface area contributed by atoms with Crippen LogP contribution in [0.3, 0.4) is 0 Å². The van der Waals surface area contributed by atoms with E-state index in [0.29, 0.717) is 5.56 Å². The molecule has 9 heteroatoms. The van der Waals surface area contributed by atoms with E-state index in [2.05, 4.69) is 15.4 Å². The predicted molar refractivity (Wildman–Crippen MR) is 90.8 cm³/mol. The van der Waals surface area contributed by atoms with E-state index in [1.807, 2.05) is 6.07 Å². The molecular weight excluding hydrogens is 361 g/mol. The molecule has 0 bridgehead atoms. The predicted octanol–water partition coefficient (Wildman–Crippen LogP) is 3.28. The second kappa shape index (κ2) is 7.58. The number of hydrogen-bond acceptors (Lipinski definition) is 4. The maximum atomic E-state index is 12.7. The molecule has 3 aromatic rings. The Labute approximate surface area is 152 Å². The molecule has 1 aromatic heterocycles. The summed E-state index contributed by atoms with van der Waals surface area (Å²) in [6.07, 6.45) is -4.08. The van der Waals surface area contributed by atoms with Crippen LogP contribution in [0.5, 0.6) is 0 Å². The number of aliphatic hydroxyl groups excluding tert-OH is 1. The molecular formula is C18H15F3N4O2. The Bertz CT molecular complexity index is 926. The molecule has 0 aliphatic carbocycles. The van der Waals surface area contributed by atoms with Crippen molar-refractivity contribution in [2.45, 2.75) is 18.8 Å². The lowest BCUT2D eigenvalue weighted by Gasteiger charge is -2.10. The van der Waals surface area contributed by atoms with Gasteiger partial charge in [0.25, 0.3) is 5.91 Å². The minimum absolute atomic E-state index is 0.0181. The van der Waals surface area contributed by atoms with E-state index in [9.17, 15) is 23.1 Å². The first-order chi connectivity index (χ1) is 12.8. The molecule has 2 N–H and O–H groups in total. The van der Waals surface area contributed by atoms with Crippen molar-refractivity contribution in [1.29, 1.82) is 0 Å². The maximum Gasteiger partial charge on any atom is 0.416 e. The van der Waals surface area contributed by atoms with Crippen LogP contribution in [0.1, 0.15) is 27.8 Å². The number of nitrogens with zero attached hydrogens (tertiary/aromatic N) is 3. The number of aliphatic hydroxyl groups is 1. The minimum atomic E-state index is -4.51. The Morgan fingerprint density at radius 3 is 2.59 bits per heavy atom. The Morgan fingerprint density at radius 1 is 1.15 bits per heavy atom. The highest BCUT2D eigenvalue weighted by molar-refractivity contribution is 6.01. The molecule has 0 radical (unpaired) electrons. The molecule has 0 saturated heterocycles. The molecule has 0 aliphatic heterocycles. The molecule has 2 aromatic carbocycles. The van der Waals surface area contributed by atoms with E-state index in [0.717, 1.165) is 12.1 Å². The number of nitrogens with one attached hydrogen (secondary N) is 1. The number of rotatable bonds is 5. The van der Waals surface area contributed by atoms with Gasteiger partial charge in [0.15, 0.2) is 0 Å². The number of benzene rings is 2. The monoisotopic (exact) mass is 376 g/mol. The highest BCUT2D eigenvalue weighted by Gasteiger charge is 2.30. The first-order valence-electron chi connectivity index (χ1n) is 7.94. The van der Waals surface area contributed by atoms with Crippen LogP contribution in [0.2, 0.25) is 0 Å². The molecule has 27 heavy (non-hydrogen) atoms. The number of halogens is 3. The minimum Gasteiger partial charge on any atom is -0.386 e. The molecule has 0 spiro atoms. The van der Waals surface area contributed by atoms with Gasteiger partial charge < -0.3 is 10.4 Å². The molecule has 0 aliphatic rings. The topological polar surface area (TPSA) is 80.0 Å². The maximum absolute atomic E-state index is 12.7. The largest absolute Gasteiger partial charge is 0.416 e. The Morgan fingerprint density at radius 2 is 1.89 bits per heavy atom. The van der Waals surface area contributed by atoms with Crippen molar-refractivity contribution in [3.63, 3.8) is 0 Å².